The second kappa shape index (κ2) is 10.2. The fraction of sp³-hybridized carbons (Fsp3) is 0.115. The van der Waals surface area contributed by atoms with Gasteiger partial charge < -0.3 is 10.4 Å². The number of carbonyl (C=O) groups excluding carboxylic acids is 1. The van der Waals surface area contributed by atoms with Crippen LogP contribution in [0.15, 0.2) is 99.4 Å². The number of hydrogen-bond acceptors (Lipinski definition) is 4. The molecule has 0 radical (unpaired) electrons. The van der Waals surface area contributed by atoms with Crippen LogP contribution >= 0.6 is 15.9 Å². The maximum atomic E-state index is 12.7. The molecule has 1 heterocycles. The van der Waals surface area contributed by atoms with Crippen LogP contribution in [0.3, 0.4) is 0 Å². The number of aliphatic imine (C=N–C) groups is 2. The van der Waals surface area contributed by atoms with Crippen LogP contribution in [0.25, 0.3) is 6.08 Å². The summed E-state index contributed by atoms with van der Waals surface area (Å²) in [5, 5.41) is 12.5. The second-order valence-electron chi connectivity index (χ2n) is 7.41. The highest BCUT2D eigenvalue weighted by Gasteiger charge is 2.20. The van der Waals surface area contributed by atoms with Gasteiger partial charge in [-0.2, -0.15) is 0 Å². The van der Waals surface area contributed by atoms with Crippen LogP contribution in [0.2, 0.25) is 0 Å². The van der Waals surface area contributed by atoms with Crippen LogP contribution in [-0.2, 0) is 11.2 Å². The largest absolute Gasteiger partial charge is 0.508 e. The Morgan fingerprint density at radius 3 is 2.44 bits per heavy atom. The molecule has 5 nitrogen and oxygen atoms in total. The number of benzene rings is 3. The van der Waals surface area contributed by atoms with Crippen molar-refractivity contribution in [2.45, 2.75) is 12.5 Å². The van der Waals surface area contributed by atoms with Crippen molar-refractivity contribution in [2.24, 2.45) is 9.98 Å². The van der Waals surface area contributed by atoms with Gasteiger partial charge in [0.15, 0.2) is 5.84 Å². The number of phenolic OH excluding ortho intramolecular Hbond substituents is 1. The van der Waals surface area contributed by atoms with Crippen molar-refractivity contribution in [2.75, 3.05) is 6.54 Å². The summed E-state index contributed by atoms with van der Waals surface area (Å²) in [6.45, 7) is 0.418. The molecule has 3 aromatic rings. The van der Waals surface area contributed by atoms with Crippen molar-refractivity contribution < 1.29 is 9.90 Å². The summed E-state index contributed by atoms with van der Waals surface area (Å²) in [6.07, 6.45) is 4.08. The first-order chi connectivity index (χ1) is 15.6. The van der Waals surface area contributed by atoms with Crippen LogP contribution in [0.1, 0.15) is 22.7 Å². The molecule has 0 aromatic heterocycles. The zero-order valence-electron chi connectivity index (χ0n) is 17.3. The van der Waals surface area contributed by atoms with Crippen molar-refractivity contribution in [3.8, 4) is 5.75 Å². The lowest BCUT2D eigenvalue weighted by Gasteiger charge is -2.20. The third-order valence-electron chi connectivity index (χ3n) is 5.01. The van der Waals surface area contributed by atoms with Gasteiger partial charge in [-0.3, -0.25) is 14.8 Å². The number of amidine groups is 1. The van der Waals surface area contributed by atoms with Crippen molar-refractivity contribution in [3.05, 3.63) is 106 Å². The second-order valence-corrected chi connectivity index (χ2v) is 8.32. The molecular formula is C26H22BrN3O2. The summed E-state index contributed by atoms with van der Waals surface area (Å²) in [5.41, 5.74) is 3.52. The highest BCUT2D eigenvalue weighted by molar-refractivity contribution is 9.10. The monoisotopic (exact) mass is 487 g/mol. The van der Waals surface area contributed by atoms with Crippen LogP contribution in [0, 0.1) is 0 Å². The molecule has 2 N–H and O–H groups in total. The van der Waals surface area contributed by atoms with Crippen molar-refractivity contribution >= 4 is 39.5 Å². The SMILES string of the molecule is O=C(Cc1ccc(Br)cc1)NC1=NC[C@@H](c2ccc(O)cc2)N=C1/C=C/c1ccccc1. The smallest absolute Gasteiger partial charge is 0.229 e. The fourth-order valence-electron chi connectivity index (χ4n) is 3.33. The number of halogens is 1. The zero-order valence-corrected chi connectivity index (χ0v) is 18.9. The summed E-state index contributed by atoms with van der Waals surface area (Å²) < 4.78 is 0.971. The third kappa shape index (κ3) is 5.80. The number of rotatable bonds is 5. The number of amides is 1. The molecule has 0 fully saturated rings. The van der Waals surface area contributed by atoms with E-state index in [9.17, 15) is 9.90 Å². The van der Waals surface area contributed by atoms with Crippen LogP contribution in [0.4, 0.5) is 0 Å². The number of phenols is 1. The van der Waals surface area contributed by atoms with Crippen molar-refractivity contribution in [3.63, 3.8) is 0 Å². The van der Waals surface area contributed by atoms with Gasteiger partial charge in [-0.15, -0.1) is 0 Å². The van der Waals surface area contributed by atoms with Crippen LogP contribution in [0.5, 0.6) is 5.75 Å². The highest BCUT2D eigenvalue weighted by atomic mass is 79.9. The van der Waals surface area contributed by atoms with Crippen molar-refractivity contribution in [1.29, 1.82) is 0 Å². The fourth-order valence-corrected chi connectivity index (χ4v) is 3.60. The van der Waals surface area contributed by atoms with E-state index in [1.807, 2.05) is 78.9 Å². The van der Waals surface area contributed by atoms with Gasteiger partial charge in [0.1, 0.15) is 11.5 Å². The maximum Gasteiger partial charge on any atom is 0.229 e. The molecule has 1 amide bonds. The molecule has 0 saturated heterocycles. The Morgan fingerprint density at radius 2 is 1.72 bits per heavy atom. The van der Waals surface area contributed by atoms with E-state index in [-0.39, 0.29) is 24.1 Å². The molecule has 1 aliphatic heterocycles. The lowest BCUT2D eigenvalue weighted by Crippen LogP contribution is -2.39. The molecule has 0 unspecified atom stereocenters. The number of nitrogens with one attached hydrogen (secondary N) is 1. The molecule has 160 valence electrons. The van der Waals surface area contributed by atoms with Gasteiger partial charge in [-0.1, -0.05) is 76.6 Å². The Hall–Kier alpha value is -3.51. The lowest BCUT2D eigenvalue weighted by molar-refractivity contribution is -0.119. The summed E-state index contributed by atoms with van der Waals surface area (Å²) in [4.78, 5) is 22.1. The van der Waals surface area contributed by atoms with E-state index >= 15 is 0 Å². The Balaban J connectivity index is 1.54. The normalized spacial score (nSPS) is 15.8. The maximum absolute atomic E-state index is 12.7. The first-order valence-corrected chi connectivity index (χ1v) is 11.0. The predicted octanol–water partition coefficient (Wildman–Crippen LogP) is 5.12. The topological polar surface area (TPSA) is 74.0 Å². The Labute approximate surface area is 195 Å². The Bertz CT molecular complexity index is 1170. The van der Waals surface area contributed by atoms with Gasteiger partial charge in [-0.25, -0.2) is 0 Å². The zero-order chi connectivity index (χ0) is 22.3. The minimum absolute atomic E-state index is 0.144. The van der Waals surface area contributed by atoms with E-state index in [2.05, 4.69) is 26.2 Å². The first kappa shape index (κ1) is 21.7. The first-order valence-electron chi connectivity index (χ1n) is 10.3. The molecule has 32 heavy (non-hydrogen) atoms. The summed E-state index contributed by atoms with van der Waals surface area (Å²) in [7, 11) is 0. The molecule has 3 aromatic carbocycles. The summed E-state index contributed by atoms with van der Waals surface area (Å²) >= 11 is 3.41. The molecule has 0 aliphatic carbocycles. The number of carbonyl (C=O) groups is 1. The minimum Gasteiger partial charge on any atom is -0.508 e. The molecule has 4 rings (SSSR count). The Morgan fingerprint density at radius 1 is 1.00 bits per heavy atom. The van der Waals surface area contributed by atoms with Gasteiger partial charge in [0.05, 0.1) is 19.0 Å². The van der Waals surface area contributed by atoms with E-state index < -0.39 is 0 Å². The van der Waals surface area contributed by atoms with E-state index in [0.29, 0.717) is 18.1 Å². The molecule has 0 spiro atoms. The van der Waals surface area contributed by atoms with Crippen LogP contribution < -0.4 is 5.32 Å². The molecule has 1 atom stereocenters. The van der Waals surface area contributed by atoms with Gasteiger partial charge in [0.25, 0.3) is 0 Å². The van der Waals surface area contributed by atoms with E-state index in [1.165, 1.54) is 0 Å². The summed E-state index contributed by atoms with van der Waals surface area (Å²) in [5.74, 6) is 0.534. The molecule has 6 heteroatoms. The number of aromatic hydroxyl groups is 1. The number of hydrogen-bond donors (Lipinski definition) is 2. The number of nitrogens with zero attached hydrogens (tertiary/aromatic N) is 2. The predicted molar refractivity (Wildman–Crippen MR) is 132 cm³/mol. The van der Waals surface area contributed by atoms with E-state index in [0.717, 1.165) is 21.2 Å². The molecule has 0 saturated carbocycles. The average molecular weight is 488 g/mol. The Kier molecular flexibility index (Phi) is 6.92. The quantitative estimate of drug-likeness (QED) is 0.523. The lowest BCUT2D eigenvalue weighted by atomic mass is 10.1. The standard InChI is InChI=1S/C26H22BrN3O2/c27-21-11-6-19(7-12-21)16-25(32)30-26-23(15-8-18-4-2-1-3-5-18)29-24(17-28-26)20-9-13-22(31)14-10-20/h1-15,24,31H,16-17H2,(H,28,30,32)/b15-8+/t24-/m0/s1. The van der Waals surface area contributed by atoms with Crippen LogP contribution in [-0.4, -0.2) is 29.1 Å². The molecular weight excluding hydrogens is 466 g/mol. The van der Waals surface area contributed by atoms with Crippen molar-refractivity contribution in [1.82, 2.24) is 5.32 Å². The highest BCUT2D eigenvalue weighted by Crippen LogP contribution is 2.23. The minimum atomic E-state index is -0.182. The van der Waals surface area contributed by atoms with E-state index in [4.69, 9.17) is 4.99 Å². The third-order valence-corrected chi connectivity index (χ3v) is 5.54. The van der Waals surface area contributed by atoms with Gasteiger partial charge >= 0.3 is 0 Å². The van der Waals surface area contributed by atoms with Gasteiger partial charge in [0, 0.05) is 4.47 Å². The van der Waals surface area contributed by atoms with Gasteiger partial charge in [0.2, 0.25) is 5.91 Å². The molecule has 1 aliphatic rings. The van der Waals surface area contributed by atoms with Gasteiger partial charge in [-0.05, 0) is 47.0 Å². The van der Waals surface area contributed by atoms with E-state index in [1.54, 1.807) is 12.1 Å². The average Bonchev–Trinajstić information content (AvgIpc) is 2.81. The molecule has 0 bridgehead atoms. The summed E-state index contributed by atoms with van der Waals surface area (Å²) in [6, 6.07) is 24.3.